The molecule has 0 spiro atoms. The van der Waals surface area contributed by atoms with Gasteiger partial charge in [-0.25, -0.2) is 9.18 Å². The summed E-state index contributed by atoms with van der Waals surface area (Å²) in [6.07, 6.45) is 2.92. The topological polar surface area (TPSA) is 51.2 Å². The molecule has 0 radical (unpaired) electrons. The number of piperidine rings is 1. The van der Waals surface area contributed by atoms with Gasteiger partial charge in [0.05, 0.1) is 11.6 Å². The van der Waals surface area contributed by atoms with Crippen molar-refractivity contribution in [2.75, 3.05) is 45.9 Å². The number of hydrogen-bond acceptors (Lipinski definition) is 5. The Morgan fingerprint density at radius 1 is 1.19 bits per heavy atom. The maximum absolute atomic E-state index is 13.5. The average Bonchev–Trinajstić information content (AvgIpc) is 3.05. The van der Waals surface area contributed by atoms with Gasteiger partial charge in [-0.3, -0.25) is 4.90 Å². The molecule has 0 aromatic heterocycles. The second-order valence-electron chi connectivity index (χ2n) is 7.40. The van der Waals surface area contributed by atoms with Gasteiger partial charge in [-0.05, 0) is 44.3 Å². The number of nitrogens with zero attached hydrogens (tertiary/aromatic N) is 2. The van der Waals surface area contributed by atoms with E-state index in [4.69, 9.17) is 25.8 Å². The normalized spacial score (nSPS) is 23.6. The zero-order valence-corrected chi connectivity index (χ0v) is 15.9. The fourth-order valence-corrected chi connectivity index (χ4v) is 4.21. The molecular formula is C19H24ClFN2O4. The fourth-order valence-electron chi connectivity index (χ4n) is 3.96. The van der Waals surface area contributed by atoms with E-state index in [0.717, 1.165) is 45.4 Å². The molecule has 0 saturated carbocycles. The van der Waals surface area contributed by atoms with Crippen LogP contribution in [-0.2, 0) is 4.74 Å². The molecule has 1 amide bonds. The summed E-state index contributed by atoms with van der Waals surface area (Å²) in [6.45, 7) is 5.15. The minimum absolute atomic E-state index is 0.133. The summed E-state index contributed by atoms with van der Waals surface area (Å²) in [7, 11) is 0. The van der Waals surface area contributed by atoms with Crippen molar-refractivity contribution in [1.82, 2.24) is 9.80 Å². The zero-order chi connectivity index (χ0) is 18.8. The quantitative estimate of drug-likeness (QED) is 0.762. The van der Waals surface area contributed by atoms with Crippen molar-refractivity contribution in [3.8, 4) is 11.5 Å². The predicted molar refractivity (Wildman–Crippen MR) is 98.0 cm³/mol. The molecule has 2 fully saturated rings. The van der Waals surface area contributed by atoms with Crippen LogP contribution in [0.4, 0.5) is 9.18 Å². The number of carbonyl (C=O) groups is 1. The number of cyclic esters (lactones) is 1. The number of carbonyl (C=O) groups excluding carboxylic acids is 1. The molecule has 3 aliphatic rings. The Kier molecular flexibility index (Phi) is 5.59. The van der Waals surface area contributed by atoms with Gasteiger partial charge in [-0.15, -0.1) is 0 Å². The number of fused-ring (bicyclic) bond motifs is 1. The molecule has 4 rings (SSSR count). The van der Waals surface area contributed by atoms with Gasteiger partial charge in [-0.1, -0.05) is 11.6 Å². The van der Waals surface area contributed by atoms with Crippen molar-refractivity contribution < 1.29 is 23.4 Å². The summed E-state index contributed by atoms with van der Waals surface area (Å²) >= 11 is 6.00. The van der Waals surface area contributed by atoms with E-state index in [1.165, 1.54) is 12.1 Å². The maximum atomic E-state index is 13.5. The summed E-state index contributed by atoms with van der Waals surface area (Å²) in [5, 5.41) is 0.242. The highest BCUT2D eigenvalue weighted by molar-refractivity contribution is 6.32. The lowest BCUT2D eigenvalue weighted by molar-refractivity contribution is 0.0465. The van der Waals surface area contributed by atoms with Crippen LogP contribution in [0, 0.1) is 11.7 Å². The lowest BCUT2D eigenvalue weighted by Gasteiger charge is -2.36. The first-order valence-electron chi connectivity index (χ1n) is 9.51. The highest BCUT2D eigenvalue weighted by atomic mass is 35.5. The summed E-state index contributed by atoms with van der Waals surface area (Å²) in [4.78, 5) is 15.6. The number of ether oxygens (including phenoxy) is 3. The lowest BCUT2D eigenvalue weighted by Crippen LogP contribution is -2.44. The van der Waals surface area contributed by atoms with E-state index >= 15 is 0 Å². The van der Waals surface area contributed by atoms with Crippen LogP contribution in [0.5, 0.6) is 11.5 Å². The molecule has 27 heavy (non-hydrogen) atoms. The van der Waals surface area contributed by atoms with E-state index in [1.54, 1.807) is 4.90 Å². The molecule has 0 unspecified atom stereocenters. The molecule has 1 atom stereocenters. The standard InChI is InChI=1S/C19H24ClFN2O4/c20-16-9-14(21)10-17-18(16)26-12-15(27-17)11-22-4-1-13(2-5-22)3-6-23-7-8-25-19(23)24/h9-10,13,15H,1-8,11-12H2/t15-/m0/s1. The Hall–Kier alpha value is -1.73. The minimum atomic E-state index is -0.425. The molecule has 0 N–H and O–H groups in total. The maximum Gasteiger partial charge on any atom is 0.409 e. The third-order valence-corrected chi connectivity index (χ3v) is 5.78. The van der Waals surface area contributed by atoms with Gasteiger partial charge >= 0.3 is 6.09 Å². The fraction of sp³-hybridized carbons (Fsp3) is 0.632. The Bertz CT molecular complexity index is 697. The van der Waals surface area contributed by atoms with Crippen LogP contribution < -0.4 is 9.47 Å². The van der Waals surface area contributed by atoms with E-state index in [1.807, 2.05) is 0 Å². The smallest absolute Gasteiger partial charge is 0.409 e. The zero-order valence-electron chi connectivity index (χ0n) is 15.2. The second kappa shape index (κ2) is 8.10. The summed E-state index contributed by atoms with van der Waals surface area (Å²) in [6, 6.07) is 2.56. The van der Waals surface area contributed by atoms with Crippen molar-refractivity contribution in [1.29, 1.82) is 0 Å². The van der Waals surface area contributed by atoms with Crippen molar-refractivity contribution in [3.63, 3.8) is 0 Å². The van der Waals surface area contributed by atoms with Gasteiger partial charge in [0.1, 0.15) is 25.1 Å². The Balaban J connectivity index is 1.22. The number of hydrogen-bond donors (Lipinski definition) is 0. The van der Waals surface area contributed by atoms with Gasteiger partial charge in [0.25, 0.3) is 0 Å². The number of benzene rings is 1. The van der Waals surface area contributed by atoms with Gasteiger partial charge in [-0.2, -0.15) is 0 Å². The van der Waals surface area contributed by atoms with Crippen LogP contribution in [-0.4, -0.2) is 67.9 Å². The molecule has 6 nitrogen and oxygen atoms in total. The largest absolute Gasteiger partial charge is 0.484 e. The highest BCUT2D eigenvalue weighted by Gasteiger charge is 2.29. The monoisotopic (exact) mass is 398 g/mol. The van der Waals surface area contributed by atoms with Crippen LogP contribution >= 0.6 is 11.6 Å². The van der Waals surface area contributed by atoms with Crippen molar-refractivity contribution in [3.05, 3.63) is 23.0 Å². The van der Waals surface area contributed by atoms with Gasteiger partial charge in [0.2, 0.25) is 0 Å². The van der Waals surface area contributed by atoms with Crippen molar-refractivity contribution in [2.45, 2.75) is 25.4 Å². The second-order valence-corrected chi connectivity index (χ2v) is 7.81. The first-order valence-corrected chi connectivity index (χ1v) is 9.89. The number of amides is 1. The average molecular weight is 399 g/mol. The minimum Gasteiger partial charge on any atom is -0.484 e. The first kappa shape index (κ1) is 18.6. The molecule has 3 aliphatic heterocycles. The lowest BCUT2D eigenvalue weighted by atomic mass is 9.93. The molecule has 0 aliphatic carbocycles. The molecular weight excluding hydrogens is 375 g/mol. The number of likely N-dealkylation sites (tertiary alicyclic amines) is 1. The molecule has 3 heterocycles. The molecule has 0 bridgehead atoms. The van der Waals surface area contributed by atoms with E-state index < -0.39 is 5.82 Å². The van der Waals surface area contributed by atoms with E-state index in [9.17, 15) is 9.18 Å². The predicted octanol–water partition coefficient (Wildman–Crippen LogP) is 3.17. The van der Waals surface area contributed by atoms with Gasteiger partial charge in [0, 0.05) is 19.2 Å². The Morgan fingerprint density at radius 2 is 2.00 bits per heavy atom. The molecule has 2 saturated heterocycles. The third kappa shape index (κ3) is 4.41. The van der Waals surface area contributed by atoms with Crippen LogP contribution in [0.25, 0.3) is 0 Å². The van der Waals surface area contributed by atoms with Crippen LogP contribution in [0.15, 0.2) is 12.1 Å². The highest BCUT2D eigenvalue weighted by Crippen LogP contribution is 2.39. The molecule has 1 aromatic carbocycles. The van der Waals surface area contributed by atoms with E-state index in [2.05, 4.69) is 4.90 Å². The number of rotatable bonds is 5. The number of halogens is 2. The van der Waals surface area contributed by atoms with E-state index in [0.29, 0.717) is 37.2 Å². The van der Waals surface area contributed by atoms with Crippen LogP contribution in [0.1, 0.15) is 19.3 Å². The van der Waals surface area contributed by atoms with Crippen molar-refractivity contribution >= 4 is 17.7 Å². The molecule has 1 aromatic rings. The van der Waals surface area contributed by atoms with E-state index in [-0.39, 0.29) is 17.2 Å². The SMILES string of the molecule is O=C1OCCN1CCC1CCN(C[C@H]2COc3c(Cl)cc(F)cc3O2)CC1. The summed E-state index contributed by atoms with van der Waals surface area (Å²) in [5.41, 5.74) is 0. The van der Waals surface area contributed by atoms with Crippen LogP contribution in [0.2, 0.25) is 5.02 Å². The van der Waals surface area contributed by atoms with Crippen molar-refractivity contribution in [2.24, 2.45) is 5.92 Å². The summed E-state index contributed by atoms with van der Waals surface area (Å²) < 4.78 is 30.1. The summed E-state index contributed by atoms with van der Waals surface area (Å²) in [5.74, 6) is 1.01. The molecule has 8 heteroatoms. The third-order valence-electron chi connectivity index (χ3n) is 5.50. The van der Waals surface area contributed by atoms with Gasteiger partial charge < -0.3 is 19.1 Å². The molecule has 148 valence electrons. The van der Waals surface area contributed by atoms with Crippen LogP contribution in [0.3, 0.4) is 0 Å². The van der Waals surface area contributed by atoms with Gasteiger partial charge in [0.15, 0.2) is 11.5 Å². The first-order chi connectivity index (χ1) is 13.1. The Morgan fingerprint density at radius 3 is 2.74 bits per heavy atom. The Labute approximate surface area is 163 Å².